The van der Waals surface area contributed by atoms with Crippen LogP contribution < -0.4 is 10.1 Å². The number of nitrogens with one attached hydrogen (secondary N) is 1. The SMILES string of the molecule is CC1CCC(NCC2Cc3cc(Cl)ccc3O2)C(C)C1. The van der Waals surface area contributed by atoms with E-state index >= 15 is 0 Å². The Balaban J connectivity index is 1.51. The Hall–Kier alpha value is -0.730. The van der Waals surface area contributed by atoms with Gasteiger partial charge in [0.15, 0.2) is 0 Å². The van der Waals surface area contributed by atoms with Crippen LogP contribution in [0.15, 0.2) is 18.2 Å². The van der Waals surface area contributed by atoms with Crippen LogP contribution in [0.3, 0.4) is 0 Å². The normalized spacial score (nSPS) is 32.8. The Morgan fingerprint density at radius 1 is 1.30 bits per heavy atom. The number of halogens is 1. The van der Waals surface area contributed by atoms with Crippen molar-refractivity contribution in [2.24, 2.45) is 11.8 Å². The molecular formula is C17H24ClNO. The topological polar surface area (TPSA) is 21.3 Å². The predicted molar refractivity (Wildman–Crippen MR) is 83.5 cm³/mol. The maximum Gasteiger partial charge on any atom is 0.123 e. The molecule has 1 aromatic carbocycles. The van der Waals surface area contributed by atoms with Gasteiger partial charge in [0.1, 0.15) is 11.9 Å². The molecule has 1 fully saturated rings. The van der Waals surface area contributed by atoms with Gasteiger partial charge < -0.3 is 10.1 Å². The lowest BCUT2D eigenvalue weighted by Crippen LogP contribution is -2.43. The summed E-state index contributed by atoms with van der Waals surface area (Å²) in [4.78, 5) is 0. The highest BCUT2D eigenvalue weighted by Gasteiger charge is 2.28. The van der Waals surface area contributed by atoms with Crippen molar-refractivity contribution < 1.29 is 4.74 Å². The summed E-state index contributed by atoms with van der Waals surface area (Å²) in [6.07, 6.45) is 5.23. The van der Waals surface area contributed by atoms with Crippen molar-refractivity contribution in [3.63, 3.8) is 0 Å². The minimum Gasteiger partial charge on any atom is -0.488 e. The first-order valence-electron chi connectivity index (χ1n) is 7.80. The van der Waals surface area contributed by atoms with Gasteiger partial charge in [-0.25, -0.2) is 0 Å². The Kier molecular flexibility index (Phi) is 4.23. The zero-order valence-corrected chi connectivity index (χ0v) is 13.1. The van der Waals surface area contributed by atoms with E-state index in [4.69, 9.17) is 16.3 Å². The fraction of sp³-hybridized carbons (Fsp3) is 0.647. The van der Waals surface area contributed by atoms with Crippen LogP contribution in [-0.2, 0) is 6.42 Å². The Morgan fingerprint density at radius 3 is 2.95 bits per heavy atom. The predicted octanol–water partition coefficient (Wildman–Crippen LogP) is 4.06. The Labute approximate surface area is 126 Å². The van der Waals surface area contributed by atoms with E-state index in [1.165, 1.54) is 24.8 Å². The number of ether oxygens (including phenoxy) is 1. The van der Waals surface area contributed by atoms with Gasteiger partial charge in [0.05, 0.1) is 0 Å². The molecule has 1 saturated carbocycles. The molecular weight excluding hydrogens is 270 g/mol. The second-order valence-corrected chi connectivity index (χ2v) is 7.04. The molecule has 0 amide bonds. The lowest BCUT2D eigenvalue weighted by molar-refractivity contribution is 0.184. The second kappa shape index (κ2) is 5.95. The van der Waals surface area contributed by atoms with E-state index in [9.17, 15) is 0 Å². The molecule has 1 aliphatic heterocycles. The third kappa shape index (κ3) is 3.12. The average molecular weight is 294 g/mol. The highest BCUT2D eigenvalue weighted by Crippen LogP contribution is 2.32. The standard InChI is InChI=1S/C17H24ClNO/c1-11-3-5-16(12(2)7-11)19-10-15-9-13-8-14(18)4-6-17(13)20-15/h4,6,8,11-12,15-16,19H,3,5,7,9-10H2,1-2H3. The lowest BCUT2D eigenvalue weighted by atomic mass is 9.80. The van der Waals surface area contributed by atoms with E-state index in [2.05, 4.69) is 19.2 Å². The molecule has 2 aliphatic rings. The maximum absolute atomic E-state index is 6.03. The first-order chi connectivity index (χ1) is 9.61. The number of hydrogen-bond acceptors (Lipinski definition) is 2. The first kappa shape index (κ1) is 14.2. The number of fused-ring (bicyclic) bond motifs is 1. The van der Waals surface area contributed by atoms with E-state index < -0.39 is 0 Å². The highest BCUT2D eigenvalue weighted by atomic mass is 35.5. The summed E-state index contributed by atoms with van der Waals surface area (Å²) < 4.78 is 5.99. The van der Waals surface area contributed by atoms with Gasteiger partial charge in [-0.15, -0.1) is 0 Å². The molecule has 4 atom stereocenters. The second-order valence-electron chi connectivity index (χ2n) is 6.61. The van der Waals surface area contributed by atoms with Crippen molar-refractivity contribution in [1.82, 2.24) is 5.32 Å². The van der Waals surface area contributed by atoms with Crippen molar-refractivity contribution in [2.45, 2.75) is 51.7 Å². The molecule has 1 aromatic rings. The van der Waals surface area contributed by atoms with Crippen LogP contribution in [-0.4, -0.2) is 18.7 Å². The average Bonchev–Trinajstić information content (AvgIpc) is 2.79. The summed E-state index contributed by atoms with van der Waals surface area (Å²) >= 11 is 6.03. The highest BCUT2D eigenvalue weighted by molar-refractivity contribution is 6.30. The number of benzene rings is 1. The van der Waals surface area contributed by atoms with Crippen molar-refractivity contribution in [2.75, 3.05) is 6.54 Å². The van der Waals surface area contributed by atoms with Crippen molar-refractivity contribution in [1.29, 1.82) is 0 Å². The molecule has 1 N–H and O–H groups in total. The quantitative estimate of drug-likeness (QED) is 0.907. The lowest BCUT2D eigenvalue weighted by Gasteiger charge is -2.33. The van der Waals surface area contributed by atoms with Gasteiger partial charge in [0.25, 0.3) is 0 Å². The van der Waals surface area contributed by atoms with Gasteiger partial charge in [-0.1, -0.05) is 25.4 Å². The summed E-state index contributed by atoms with van der Waals surface area (Å²) in [7, 11) is 0. The fourth-order valence-electron chi connectivity index (χ4n) is 3.65. The molecule has 3 heteroatoms. The molecule has 20 heavy (non-hydrogen) atoms. The molecule has 3 rings (SSSR count). The van der Waals surface area contributed by atoms with E-state index in [1.807, 2.05) is 18.2 Å². The van der Waals surface area contributed by atoms with Gasteiger partial charge in [-0.3, -0.25) is 0 Å². The van der Waals surface area contributed by atoms with Gasteiger partial charge in [-0.05, 0) is 54.9 Å². The third-order valence-electron chi connectivity index (χ3n) is 4.80. The molecule has 0 saturated heterocycles. The summed E-state index contributed by atoms with van der Waals surface area (Å²) in [5.41, 5.74) is 1.25. The van der Waals surface area contributed by atoms with Gasteiger partial charge >= 0.3 is 0 Å². The van der Waals surface area contributed by atoms with Crippen molar-refractivity contribution >= 4 is 11.6 Å². The molecule has 0 spiro atoms. The van der Waals surface area contributed by atoms with Gasteiger partial charge in [0, 0.05) is 24.0 Å². The summed E-state index contributed by atoms with van der Waals surface area (Å²) in [6.45, 7) is 5.68. The smallest absolute Gasteiger partial charge is 0.123 e. The van der Waals surface area contributed by atoms with Crippen LogP contribution >= 0.6 is 11.6 Å². The monoisotopic (exact) mass is 293 g/mol. The van der Waals surface area contributed by atoms with Crippen LogP contribution in [0, 0.1) is 11.8 Å². The molecule has 0 bridgehead atoms. The zero-order chi connectivity index (χ0) is 14.1. The zero-order valence-electron chi connectivity index (χ0n) is 12.4. The Morgan fingerprint density at radius 2 is 2.15 bits per heavy atom. The van der Waals surface area contributed by atoms with Crippen LogP contribution in [0.25, 0.3) is 0 Å². The van der Waals surface area contributed by atoms with E-state index in [0.29, 0.717) is 6.04 Å². The van der Waals surface area contributed by atoms with Gasteiger partial charge in [0.2, 0.25) is 0 Å². The minimum atomic E-state index is 0.259. The van der Waals surface area contributed by atoms with Crippen LogP contribution in [0.4, 0.5) is 0 Å². The van der Waals surface area contributed by atoms with E-state index in [0.717, 1.165) is 35.6 Å². The molecule has 0 aromatic heterocycles. The van der Waals surface area contributed by atoms with Gasteiger partial charge in [-0.2, -0.15) is 0 Å². The number of rotatable bonds is 3. The molecule has 1 aliphatic carbocycles. The molecule has 4 unspecified atom stereocenters. The van der Waals surface area contributed by atoms with Crippen molar-refractivity contribution in [3.8, 4) is 5.75 Å². The fourth-order valence-corrected chi connectivity index (χ4v) is 3.85. The molecule has 1 heterocycles. The van der Waals surface area contributed by atoms with Crippen LogP contribution in [0.5, 0.6) is 5.75 Å². The molecule has 0 radical (unpaired) electrons. The molecule has 110 valence electrons. The first-order valence-corrected chi connectivity index (χ1v) is 8.18. The Bertz CT molecular complexity index is 476. The van der Waals surface area contributed by atoms with E-state index in [-0.39, 0.29) is 6.10 Å². The van der Waals surface area contributed by atoms with Crippen molar-refractivity contribution in [3.05, 3.63) is 28.8 Å². The summed E-state index contributed by atoms with van der Waals surface area (Å²) in [5.74, 6) is 2.67. The minimum absolute atomic E-state index is 0.259. The maximum atomic E-state index is 6.03. The van der Waals surface area contributed by atoms with Crippen LogP contribution in [0.2, 0.25) is 5.02 Å². The van der Waals surface area contributed by atoms with Crippen LogP contribution in [0.1, 0.15) is 38.7 Å². The summed E-state index contributed by atoms with van der Waals surface area (Å²) in [5, 5.41) is 4.53. The summed E-state index contributed by atoms with van der Waals surface area (Å²) in [6, 6.07) is 6.58. The third-order valence-corrected chi connectivity index (χ3v) is 5.04. The molecule has 2 nitrogen and oxygen atoms in total. The largest absolute Gasteiger partial charge is 0.488 e. The number of hydrogen-bond donors (Lipinski definition) is 1. The van der Waals surface area contributed by atoms with E-state index in [1.54, 1.807) is 0 Å².